The molecule has 0 spiro atoms. The molecule has 1 aliphatic carbocycles. The highest BCUT2D eigenvalue weighted by molar-refractivity contribution is 5.89. The van der Waals surface area contributed by atoms with Crippen molar-refractivity contribution in [1.29, 1.82) is 0 Å². The predicted molar refractivity (Wildman–Crippen MR) is 111 cm³/mol. The number of aromatic amines is 1. The Kier molecular flexibility index (Phi) is 6.19. The van der Waals surface area contributed by atoms with Crippen molar-refractivity contribution in [3.63, 3.8) is 0 Å². The molecule has 0 bridgehead atoms. The number of benzene rings is 1. The van der Waals surface area contributed by atoms with Gasteiger partial charge in [-0.2, -0.15) is 0 Å². The van der Waals surface area contributed by atoms with E-state index in [1.165, 1.54) is 38.5 Å². The van der Waals surface area contributed by atoms with E-state index in [9.17, 15) is 0 Å². The summed E-state index contributed by atoms with van der Waals surface area (Å²) < 4.78 is 5.47. The van der Waals surface area contributed by atoms with E-state index in [-0.39, 0.29) is 6.61 Å². The molecule has 3 N–H and O–H groups in total. The average Bonchev–Trinajstić information content (AvgIpc) is 2.96. The molecule has 2 aromatic heterocycles. The molecule has 0 aliphatic heterocycles. The zero-order chi connectivity index (χ0) is 19.2. The molecule has 1 saturated carbocycles. The molecule has 1 aliphatic rings. The molecule has 2 heterocycles. The van der Waals surface area contributed by atoms with Crippen LogP contribution in [-0.2, 0) is 11.3 Å². The third kappa shape index (κ3) is 4.51. The summed E-state index contributed by atoms with van der Waals surface area (Å²) in [6.07, 6.45) is 7.55. The number of aromatic nitrogens is 3. The molecule has 0 amide bonds. The SMILES string of the molecule is OCCOCc1cc2c(NC3CCCCCC3)nc(-c3ccccc3)nc2[nH]1. The van der Waals surface area contributed by atoms with Crippen molar-refractivity contribution in [1.82, 2.24) is 15.0 Å². The Balaban J connectivity index is 1.68. The lowest BCUT2D eigenvalue weighted by atomic mass is 10.1. The van der Waals surface area contributed by atoms with Gasteiger partial charge in [0.25, 0.3) is 0 Å². The number of hydrogen-bond donors (Lipinski definition) is 3. The lowest BCUT2D eigenvalue weighted by molar-refractivity contribution is 0.0800. The number of anilines is 1. The second-order valence-corrected chi connectivity index (χ2v) is 7.43. The van der Waals surface area contributed by atoms with E-state index in [1.807, 2.05) is 30.3 Å². The van der Waals surface area contributed by atoms with Gasteiger partial charge in [0, 0.05) is 17.3 Å². The smallest absolute Gasteiger partial charge is 0.163 e. The standard InChI is InChI=1S/C22H28N4O2/c27-12-13-28-15-18-14-19-21(23-17-10-6-1-2-7-11-17)25-20(26-22(19)24-18)16-8-4-3-5-9-16/h3-5,8-9,14,17,27H,1-2,6-7,10-13,15H2,(H2,23,24,25,26). The van der Waals surface area contributed by atoms with Crippen molar-refractivity contribution in [2.45, 2.75) is 51.2 Å². The molecular weight excluding hydrogens is 352 g/mol. The topological polar surface area (TPSA) is 83.1 Å². The summed E-state index contributed by atoms with van der Waals surface area (Å²) in [5.74, 6) is 1.61. The van der Waals surface area contributed by atoms with Gasteiger partial charge in [0.05, 0.1) is 25.2 Å². The van der Waals surface area contributed by atoms with Crippen molar-refractivity contribution < 1.29 is 9.84 Å². The second-order valence-electron chi connectivity index (χ2n) is 7.43. The average molecular weight is 380 g/mol. The Morgan fingerprint density at radius 1 is 1.07 bits per heavy atom. The van der Waals surface area contributed by atoms with Gasteiger partial charge in [-0.3, -0.25) is 0 Å². The van der Waals surface area contributed by atoms with Crippen LogP contribution in [0.4, 0.5) is 5.82 Å². The Morgan fingerprint density at radius 2 is 1.86 bits per heavy atom. The van der Waals surface area contributed by atoms with Gasteiger partial charge in [-0.1, -0.05) is 56.0 Å². The van der Waals surface area contributed by atoms with Crippen LogP contribution in [0, 0.1) is 0 Å². The third-order valence-electron chi connectivity index (χ3n) is 5.26. The van der Waals surface area contributed by atoms with E-state index in [4.69, 9.17) is 19.8 Å². The first-order chi connectivity index (χ1) is 13.8. The lowest BCUT2D eigenvalue weighted by Gasteiger charge is -2.18. The number of ether oxygens (including phenoxy) is 1. The van der Waals surface area contributed by atoms with Gasteiger partial charge < -0.3 is 20.1 Å². The monoisotopic (exact) mass is 380 g/mol. The quantitative estimate of drug-likeness (QED) is 0.421. The molecule has 0 radical (unpaired) electrons. The maximum Gasteiger partial charge on any atom is 0.163 e. The fraction of sp³-hybridized carbons (Fsp3) is 0.455. The zero-order valence-electron chi connectivity index (χ0n) is 16.2. The van der Waals surface area contributed by atoms with Gasteiger partial charge in [0.15, 0.2) is 5.82 Å². The van der Waals surface area contributed by atoms with Crippen molar-refractivity contribution in [3.05, 3.63) is 42.1 Å². The van der Waals surface area contributed by atoms with Crippen LogP contribution in [0.3, 0.4) is 0 Å². The van der Waals surface area contributed by atoms with E-state index < -0.39 is 0 Å². The molecule has 6 nitrogen and oxygen atoms in total. The summed E-state index contributed by atoms with van der Waals surface area (Å²) in [6.45, 7) is 0.761. The molecule has 0 atom stereocenters. The number of H-pyrrole nitrogens is 1. The summed E-state index contributed by atoms with van der Waals surface area (Å²) in [5, 5.41) is 13.6. The first-order valence-corrected chi connectivity index (χ1v) is 10.2. The zero-order valence-corrected chi connectivity index (χ0v) is 16.2. The number of hydrogen-bond acceptors (Lipinski definition) is 5. The number of nitrogens with one attached hydrogen (secondary N) is 2. The number of fused-ring (bicyclic) bond motifs is 1. The van der Waals surface area contributed by atoms with Crippen LogP contribution in [0.2, 0.25) is 0 Å². The number of aliphatic hydroxyl groups is 1. The van der Waals surface area contributed by atoms with Crippen LogP contribution in [0.25, 0.3) is 22.4 Å². The van der Waals surface area contributed by atoms with Crippen LogP contribution < -0.4 is 5.32 Å². The Bertz CT molecular complexity index is 886. The molecule has 1 aromatic carbocycles. The van der Waals surface area contributed by atoms with Crippen molar-refractivity contribution in [2.75, 3.05) is 18.5 Å². The molecule has 1 fully saturated rings. The van der Waals surface area contributed by atoms with E-state index >= 15 is 0 Å². The van der Waals surface area contributed by atoms with Gasteiger partial charge in [-0.25, -0.2) is 9.97 Å². The van der Waals surface area contributed by atoms with Gasteiger partial charge in [0.2, 0.25) is 0 Å². The van der Waals surface area contributed by atoms with Gasteiger partial charge >= 0.3 is 0 Å². The van der Waals surface area contributed by atoms with Crippen LogP contribution in [0.1, 0.15) is 44.2 Å². The molecular formula is C22H28N4O2. The van der Waals surface area contributed by atoms with Gasteiger partial charge in [-0.15, -0.1) is 0 Å². The van der Waals surface area contributed by atoms with E-state index in [0.717, 1.165) is 28.1 Å². The normalized spacial score (nSPS) is 15.6. The maximum absolute atomic E-state index is 8.93. The summed E-state index contributed by atoms with van der Waals surface area (Å²) in [5.41, 5.74) is 2.75. The van der Waals surface area contributed by atoms with Crippen LogP contribution in [0.15, 0.2) is 36.4 Å². The van der Waals surface area contributed by atoms with Crippen molar-refractivity contribution in [3.8, 4) is 11.4 Å². The Labute approximate surface area is 165 Å². The highest BCUT2D eigenvalue weighted by Crippen LogP contribution is 2.28. The molecule has 28 heavy (non-hydrogen) atoms. The second kappa shape index (κ2) is 9.17. The first-order valence-electron chi connectivity index (χ1n) is 10.2. The summed E-state index contributed by atoms with van der Waals surface area (Å²) >= 11 is 0. The molecule has 0 unspecified atom stereocenters. The van der Waals surface area contributed by atoms with Crippen LogP contribution in [0.5, 0.6) is 0 Å². The minimum atomic E-state index is 0.0205. The van der Waals surface area contributed by atoms with Crippen LogP contribution >= 0.6 is 0 Å². The first kappa shape index (κ1) is 18.9. The summed E-state index contributed by atoms with van der Waals surface area (Å²) in [6, 6.07) is 12.6. The fourth-order valence-electron chi connectivity index (χ4n) is 3.83. The third-order valence-corrected chi connectivity index (χ3v) is 5.26. The van der Waals surface area contributed by atoms with Gasteiger partial charge in [-0.05, 0) is 18.9 Å². The van der Waals surface area contributed by atoms with E-state index in [1.54, 1.807) is 0 Å². The maximum atomic E-state index is 8.93. The van der Waals surface area contributed by atoms with Gasteiger partial charge in [0.1, 0.15) is 11.5 Å². The summed E-state index contributed by atoms with van der Waals surface area (Å²) in [7, 11) is 0. The molecule has 3 aromatic rings. The summed E-state index contributed by atoms with van der Waals surface area (Å²) in [4.78, 5) is 13.0. The molecule has 6 heteroatoms. The van der Waals surface area contributed by atoms with Crippen LogP contribution in [-0.4, -0.2) is 39.3 Å². The minimum Gasteiger partial charge on any atom is -0.394 e. The minimum absolute atomic E-state index is 0.0205. The highest BCUT2D eigenvalue weighted by atomic mass is 16.5. The Hall–Kier alpha value is -2.44. The predicted octanol–water partition coefficient (Wildman–Crippen LogP) is 4.27. The number of nitrogens with zero attached hydrogens (tertiary/aromatic N) is 2. The molecule has 4 rings (SSSR count). The highest BCUT2D eigenvalue weighted by Gasteiger charge is 2.17. The van der Waals surface area contributed by atoms with Crippen molar-refractivity contribution in [2.24, 2.45) is 0 Å². The lowest BCUT2D eigenvalue weighted by Crippen LogP contribution is -2.19. The largest absolute Gasteiger partial charge is 0.394 e. The van der Waals surface area contributed by atoms with E-state index in [0.29, 0.717) is 25.1 Å². The molecule has 0 saturated heterocycles. The number of aliphatic hydroxyl groups excluding tert-OH is 1. The number of rotatable bonds is 7. The molecule has 148 valence electrons. The van der Waals surface area contributed by atoms with E-state index in [2.05, 4.69) is 16.4 Å². The fourth-order valence-corrected chi connectivity index (χ4v) is 3.83. The van der Waals surface area contributed by atoms with Crippen molar-refractivity contribution >= 4 is 16.9 Å². The Morgan fingerprint density at radius 3 is 2.61 bits per heavy atom.